The fraction of sp³-hybridized carbons (Fsp3) is 0.364. The number of hydrogen-bond donors (Lipinski definition) is 1. The van der Waals surface area contributed by atoms with Crippen molar-refractivity contribution in [2.45, 2.75) is 12.5 Å². The number of hydrogen-bond acceptors (Lipinski definition) is 2. The van der Waals surface area contributed by atoms with Crippen LogP contribution in [0, 0.1) is 3.57 Å². The Morgan fingerprint density at radius 2 is 2.38 bits per heavy atom. The summed E-state index contributed by atoms with van der Waals surface area (Å²) in [7, 11) is 0. The topological polar surface area (TPSA) is 38.3 Å². The molecular weight excluding hydrogens is 340 g/mol. The standard InChI is InChI=1S/C11H11ClINO2/c12-7-1-2-9(10(13)5-7)11(15)14-8-3-4-16-6-8/h1-2,5,8H,3-4,6H2,(H,14,15). The molecule has 1 aliphatic heterocycles. The highest BCUT2D eigenvalue weighted by Crippen LogP contribution is 2.18. The Balaban J connectivity index is 2.08. The van der Waals surface area contributed by atoms with Crippen LogP contribution >= 0.6 is 34.2 Å². The Morgan fingerprint density at radius 1 is 1.56 bits per heavy atom. The minimum absolute atomic E-state index is 0.0587. The highest BCUT2D eigenvalue weighted by molar-refractivity contribution is 14.1. The summed E-state index contributed by atoms with van der Waals surface area (Å²) in [5.41, 5.74) is 0.664. The average molecular weight is 352 g/mol. The molecule has 0 spiro atoms. The average Bonchev–Trinajstić information content (AvgIpc) is 2.70. The second kappa shape index (κ2) is 5.33. The SMILES string of the molecule is O=C(NC1CCOC1)c1ccc(Cl)cc1I. The molecule has 0 bridgehead atoms. The van der Waals surface area contributed by atoms with E-state index in [1.54, 1.807) is 18.2 Å². The van der Waals surface area contributed by atoms with Gasteiger partial charge in [0.15, 0.2) is 0 Å². The van der Waals surface area contributed by atoms with E-state index in [1.807, 2.05) is 0 Å². The lowest BCUT2D eigenvalue weighted by Crippen LogP contribution is -2.35. The lowest BCUT2D eigenvalue weighted by molar-refractivity contribution is 0.0929. The second-order valence-corrected chi connectivity index (χ2v) is 5.26. The van der Waals surface area contributed by atoms with Crippen LogP contribution in [0.4, 0.5) is 0 Å². The molecule has 1 atom stereocenters. The molecule has 0 radical (unpaired) electrons. The molecule has 0 aliphatic carbocycles. The van der Waals surface area contributed by atoms with Crippen LogP contribution in [-0.4, -0.2) is 25.2 Å². The fourth-order valence-corrected chi connectivity index (χ4v) is 2.70. The Bertz CT molecular complexity index is 405. The molecule has 1 N–H and O–H groups in total. The zero-order valence-electron chi connectivity index (χ0n) is 8.50. The van der Waals surface area contributed by atoms with Crippen molar-refractivity contribution >= 4 is 40.1 Å². The zero-order chi connectivity index (χ0) is 11.5. The van der Waals surface area contributed by atoms with Gasteiger partial charge in [-0.15, -0.1) is 0 Å². The van der Waals surface area contributed by atoms with Crippen molar-refractivity contribution in [3.8, 4) is 0 Å². The number of nitrogens with one attached hydrogen (secondary N) is 1. The maximum atomic E-state index is 11.9. The van der Waals surface area contributed by atoms with Gasteiger partial charge in [-0.3, -0.25) is 4.79 Å². The van der Waals surface area contributed by atoms with Gasteiger partial charge in [0.1, 0.15) is 0 Å². The summed E-state index contributed by atoms with van der Waals surface area (Å²) in [6.07, 6.45) is 0.885. The van der Waals surface area contributed by atoms with E-state index >= 15 is 0 Å². The van der Waals surface area contributed by atoms with E-state index in [0.717, 1.165) is 16.6 Å². The summed E-state index contributed by atoms with van der Waals surface area (Å²) in [6.45, 7) is 1.33. The van der Waals surface area contributed by atoms with E-state index in [-0.39, 0.29) is 11.9 Å². The van der Waals surface area contributed by atoms with Gasteiger partial charge in [0.2, 0.25) is 0 Å². The van der Waals surface area contributed by atoms with Crippen LogP contribution in [0.25, 0.3) is 0 Å². The minimum atomic E-state index is -0.0587. The smallest absolute Gasteiger partial charge is 0.252 e. The van der Waals surface area contributed by atoms with Crippen LogP contribution in [0.15, 0.2) is 18.2 Å². The van der Waals surface area contributed by atoms with E-state index < -0.39 is 0 Å². The van der Waals surface area contributed by atoms with Gasteiger partial charge in [-0.1, -0.05) is 11.6 Å². The third kappa shape index (κ3) is 2.87. The van der Waals surface area contributed by atoms with Crippen molar-refractivity contribution in [3.63, 3.8) is 0 Å². The van der Waals surface area contributed by atoms with Crippen LogP contribution in [0.5, 0.6) is 0 Å². The molecule has 86 valence electrons. The van der Waals surface area contributed by atoms with E-state index in [1.165, 1.54) is 0 Å². The van der Waals surface area contributed by atoms with Crippen LogP contribution < -0.4 is 5.32 Å². The lowest BCUT2D eigenvalue weighted by Gasteiger charge is -2.11. The molecule has 1 fully saturated rings. The van der Waals surface area contributed by atoms with Crippen LogP contribution in [0.2, 0.25) is 5.02 Å². The summed E-state index contributed by atoms with van der Waals surface area (Å²) in [4.78, 5) is 11.9. The number of ether oxygens (including phenoxy) is 1. The van der Waals surface area contributed by atoms with Gasteiger partial charge in [0, 0.05) is 15.2 Å². The van der Waals surface area contributed by atoms with Gasteiger partial charge in [0.25, 0.3) is 5.91 Å². The molecule has 1 aliphatic rings. The number of carbonyl (C=O) groups is 1. The molecule has 16 heavy (non-hydrogen) atoms. The Labute approximate surface area is 113 Å². The number of halogens is 2. The summed E-state index contributed by atoms with van der Waals surface area (Å²) in [6, 6.07) is 5.39. The number of benzene rings is 1. The molecule has 0 aromatic heterocycles. The van der Waals surface area contributed by atoms with Gasteiger partial charge in [-0.2, -0.15) is 0 Å². The highest BCUT2D eigenvalue weighted by atomic mass is 127. The Hall–Kier alpha value is -0.330. The zero-order valence-corrected chi connectivity index (χ0v) is 11.4. The normalized spacial score (nSPS) is 19.8. The molecule has 1 unspecified atom stereocenters. The van der Waals surface area contributed by atoms with Gasteiger partial charge in [0.05, 0.1) is 18.2 Å². The molecule has 1 aromatic rings. The predicted octanol–water partition coefficient (Wildman–Crippen LogP) is 2.46. The number of rotatable bonds is 2. The van der Waals surface area contributed by atoms with Gasteiger partial charge < -0.3 is 10.1 Å². The van der Waals surface area contributed by atoms with Crippen molar-refractivity contribution < 1.29 is 9.53 Å². The summed E-state index contributed by atoms with van der Waals surface area (Å²) >= 11 is 7.95. The maximum Gasteiger partial charge on any atom is 0.252 e. The van der Waals surface area contributed by atoms with Crippen molar-refractivity contribution in [2.75, 3.05) is 13.2 Å². The predicted molar refractivity (Wildman–Crippen MR) is 70.9 cm³/mol. The third-order valence-electron chi connectivity index (χ3n) is 2.44. The molecule has 1 saturated heterocycles. The molecule has 1 amide bonds. The van der Waals surface area contributed by atoms with Crippen LogP contribution in [-0.2, 0) is 4.74 Å². The Morgan fingerprint density at radius 3 is 3.00 bits per heavy atom. The van der Waals surface area contributed by atoms with Gasteiger partial charge in [-0.25, -0.2) is 0 Å². The van der Waals surface area contributed by atoms with Gasteiger partial charge >= 0.3 is 0 Å². The first-order valence-electron chi connectivity index (χ1n) is 5.00. The largest absolute Gasteiger partial charge is 0.379 e. The van der Waals surface area contributed by atoms with Crippen molar-refractivity contribution in [2.24, 2.45) is 0 Å². The fourth-order valence-electron chi connectivity index (χ4n) is 1.59. The van der Waals surface area contributed by atoms with E-state index in [2.05, 4.69) is 27.9 Å². The molecule has 1 heterocycles. The number of amides is 1. The van der Waals surface area contributed by atoms with Crippen LogP contribution in [0.3, 0.4) is 0 Å². The first-order chi connectivity index (χ1) is 7.66. The summed E-state index contributed by atoms with van der Waals surface area (Å²) in [5.74, 6) is -0.0587. The van der Waals surface area contributed by atoms with Gasteiger partial charge in [-0.05, 0) is 47.2 Å². The van der Waals surface area contributed by atoms with Crippen molar-refractivity contribution in [3.05, 3.63) is 32.4 Å². The quantitative estimate of drug-likeness (QED) is 0.831. The number of carbonyl (C=O) groups excluding carboxylic acids is 1. The lowest BCUT2D eigenvalue weighted by atomic mass is 10.2. The van der Waals surface area contributed by atoms with Crippen LogP contribution in [0.1, 0.15) is 16.8 Å². The second-order valence-electron chi connectivity index (χ2n) is 3.66. The first-order valence-corrected chi connectivity index (χ1v) is 6.46. The Kier molecular flexibility index (Phi) is 4.05. The molecular formula is C11H11ClINO2. The monoisotopic (exact) mass is 351 g/mol. The van der Waals surface area contributed by atoms with E-state index in [0.29, 0.717) is 17.2 Å². The van der Waals surface area contributed by atoms with Crippen molar-refractivity contribution in [1.29, 1.82) is 0 Å². The molecule has 2 rings (SSSR count). The summed E-state index contributed by atoms with van der Waals surface area (Å²) < 4.78 is 6.07. The first kappa shape index (κ1) is 12.1. The molecule has 5 heteroatoms. The molecule has 1 aromatic carbocycles. The molecule has 0 saturated carbocycles. The molecule has 3 nitrogen and oxygen atoms in total. The third-order valence-corrected chi connectivity index (χ3v) is 3.57. The van der Waals surface area contributed by atoms with Crippen molar-refractivity contribution in [1.82, 2.24) is 5.32 Å². The van der Waals surface area contributed by atoms with E-state index in [9.17, 15) is 4.79 Å². The van der Waals surface area contributed by atoms with E-state index in [4.69, 9.17) is 16.3 Å². The summed E-state index contributed by atoms with van der Waals surface area (Å²) in [5, 5.41) is 3.59. The minimum Gasteiger partial charge on any atom is -0.379 e. The maximum absolute atomic E-state index is 11.9. The highest BCUT2D eigenvalue weighted by Gasteiger charge is 2.19.